The zero-order chi connectivity index (χ0) is 11.0. The number of benzene rings is 1. The lowest BCUT2D eigenvalue weighted by Crippen LogP contribution is -2.39. The van der Waals surface area contributed by atoms with Gasteiger partial charge in [-0.05, 0) is 10.4 Å². The summed E-state index contributed by atoms with van der Waals surface area (Å²) in [5.41, 5.74) is 0. The largest absolute Gasteiger partial charge is 0.180 e. The first-order valence-corrected chi connectivity index (χ1v) is 12.7. The molecule has 0 aliphatic heterocycles. The maximum Gasteiger partial charge on any atom is 0.180 e. The highest BCUT2D eigenvalue weighted by molar-refractivity contribution is 7.27. The average molecular weight is 263 g/mol. The van der Waals surface area contributed by atoms with Crippen molar-refractivity contribution in [2.45, 2.75) is 26.2 Å². The topological polar surface area (TPSA) is 0 Å². The first-order valence-electron chi connectivity index (χ1n) is 4.70. The Balaban J connectivity index is 3.02. The fourth-order valence-electron chi connectivity index (χ4n) is 1.26. The molecule has 0 aromatic heterocycles. The quantitative estimate of drug-likeness (QED) is 0.568. The van der Waals surface area contributed by atoms with Crippen molar-refractivity contribution in [3.8, 4) is 0 Å². The third kappa shape index (κ3) is 3.12. The molecule has 0 aliphatic carbocycles. The molecular formula is C10H16Cl2Si2. The molecule has 0 N–H and O–H groups in total. The monoisotopic (exact) mass is 262 g/mol. The van der Waals surface area contributed by atoms with Crippen molar-refractivity contribution in [2.75, 3.05) is 0 Å². The fraction of sp³-hybridized carbons (Fsp3) is 0.400. The molecule has 78 valence electrons. The van der Waals surface area contributed by atoms with Crippen molar-refractivity contribution in [1.82, 2.24) is 0 Å². The van der Waals surface area contributed by atoms with Gasteiger partial charge in [0, 0.05) is 0 Å². The van der Waals surface area contributed by atoms with Crippen LogP contribution < -0.4 is 10.4 Å². The Hall–Kier alpha value is 0.234. The van der Waals surface area contributed by atoms with E-state index in [9.17, 15) is 0 Å². The van der Waals surface area contributed by atoms with Crippen LogP contribution in [0.25, 0.3) is 0 Å². The smallest absolute Gasteiger partial charge is 0.162 e. The molecule has 0 amide bonds. The molecule has 0 nitrogen and oxygen atoms in total. The van der Waals surface area contributed by atoms with Crippen LogP contribution in [0.15, 0.2) is 24.3 Å². The molecule has 0 heterocycles. The van der Waals surface area contributed by atoms with Gasteiger partial charge in [0.15, 0.2) is 14.8 Å². The Labute approximate surface area is 97.7 Å². The van der Waals surface area contributed by atoms with Gasteiger partial charge in [-0.2, -0.15) is 22.2 Å². The highest BCUT2D eigenvalue weighted by Gasteiger charge is 2.23. The molecular weight excluding hydrogens is 247 g/mol. The molecule has 0 aliphatic rings. The molecule has 0 fully saturated rings. The molecule has 4 heteroatoms. The van der Waals surface area contributed by atoms with Gasteiger partial charge in [0.2, 0.25) is 0 Å². The van der Waals surface area contributed by atoms with E-state index in [1.807, 2.05) is 0 Å². The molecule has 0 bridgehead atoms. The summed E-state index contributed by atoms with van der Waals surface area (Å²) in [5, 5.41) is 2.55. The van der Waals surface area contributed by atoms with Gasteiger partial charge >= 0.3 is 0 Å². The highest BCUT2D eigenvalue weighted by Crippen LogP contribution is 2.10. The van der Waals surface area contributed by atoms with Gasteiger partial charge in [0.1, 0.15) is 0 Å². The van der Waals surface area contributed by atoms with E-state index in [0.29, 0.717) is 0 Å². The Morgan fingerprint density at radius 3 is 1.07 bits per heavy atom. The molecule has 1 aromatic rings. The number of hydrogen-bond acceptors (Lipinski definition) is 0. The lowest BCUT2D eigenvalue weighted by molar-refractivity contribution is 1.75. The summed E-state index contributed by atoms with van der Waals surface area (Å²) in [7, 11) is -3.34. The summed E-state index contributed by atoms with van der Waals surface area (Å²) in [4.78, 5) is 0. The summed E-state index contributed by atoms with van der Waals surface area (Å²) in [6.45, 7) is 8.53. The molecule has 1 rings (SSSR count). The van der Waals surface area contributed by atoms with E-state index in [4.69, 9.17) is 22.2 Å². The van der Waals surface area contributed by atoms with Crippen LogP contribution in [-0.4, -0.2) is 14.8 Å². The third-order valence-electron chi connectivity index (χ3n) is 2.26. The molecule has 14 heavy (non-hydrogen) atoms. The summed E-state index contributed by atoms with van der Waals surface area (Å²) in [6, 6.07) is 8.52. The maximum atomic E-state index is 6.34. The number of hydrogen-bond donors (Lipinski definition) is 0. The minimum Gasteiger partial charge on any atom is -0.162 e. The zero-order valence-electron chi connectivity index (χ0n) is 9.07. The van der Waals surface area contributed by atoms with Crippen molar-refractivity contribution < 1.29 is 0 Å². The second kappa shape index (κ2) is 4.01. The minimum absolute atomic E-state index is 1.28. The van der Waals surface area contributed by atoms with Gasteiger partial charge in [-0.25, -0.2) is 0 Å². The second-order valence-corrected chi connectivity index (χ2v) is 17.2. The predicted molar refractivity (Wildman–Crippen MR) is 72.4 cm³/mol. The fourth-order valence-corrected chi connectivity index (χ4v) is 3.94. The van der Waals surface area contributed by atoms with Gasteiger partial charge in [0.05, 0.1) is 0 Å². The van der Waals surface area contributed by atoms with Crippen LogP contribution in [0.3, 0.4) is 0 Å². The van der Waals surface area contributed by atoms with Crippen LogP contribution in [0.5, 0.6) is 0 Å². The standard InChI is InChI=1S/C10H16Cl2Si2/c1-13(2,11)9-5-7-10(8-6-9)14(3,4)12/h5-8H,1-4H3. The van der Waals surface area contributed by atoms with Crippen LogP contribution in [0.2, 0.25) is 26.2 Å². The molecule has 0 spiro atoms. The van der Waals surface area contributed by atoms with E-state index in [0.717, 1.165) is 0 Å². The summed E-state index contributed by atoms with van der Waals surface area (Å²) < 4.78 is 0. The first kappa shape index (κ1) is 12.3. The van der Waals surface area contributed by atoms with E-state index in [1.54, 1.807) is 0 Å². The lowest BCUT2D eigenvalue weighted by atomic mass is 10.4. The van der Waals surface area contributed by atoms with Crippen molar-refractivity contribution in [2.24, 2.45) is 0 Å². The Morgan fingerprint density at radius 1 is 0.714 bits per heavy atom. The van der Waals surface area contributed by atoms with E-state index < -0.39 is 14.8 Å². The van der Waals surface area contributed by atoms with E-state index >= 15 is 0 Å². The Morgan fingerprint density at radius 2 is 0.929 bits per heavy atom. The summed E-state index contributed by atoms with van der Waals surface area (Å²) in [5.74, 6) is 0. The number of halogens is 2. The van der Waals surface area contributed by atoms with Gasteiger partial charge in [0.25, 0.3) is 0 Å². The van der Waals surface area contributed by atoms with Crippen molar-refractivity contribution in [3.05, 3.63) is 24.3 Å². The van der Waals surface area contributed by atoms with E-state index in [2.05, 4.69) is 50.5 Å². The average Bonchev–Trinajstić information content (AvgIpc) is 2.01. The van der Waals surface area contributed by atoms with Crippen LogP contribution in [0.4, 0.5) is 0 Å². The molecule has 0 unspecified atom stereocenters. The van der Waals surface area contributed by atoms with E-state index in [1.165, 1.54) is 10.4 Å². The van der Waals surface area contributed by atoms with Gasteiger partial charge in [-0.1, -0.05) is 50.5 Å². The van der Waals surface area contributed by atoms with Crippen LogP contribution >= 0.6 is 22.2 Å². The molecule has 0 atom stereocenters. The van der Waals surface area contributed by atoms with Crippen LogP contribution in [-0.2, 0) is 0 Å². The summed E-state index contributed by atoms with van der Waals surface area (Å²) in [6.07, 6.45) is 0. The molecule has 0 radical (unpaired) electrons. The zero-order valence-corrected chi connectivity index (χ0v) is 12.6. The molecule has 0 saturated carbocycles. The normalized spacial score (nSPS) is 13.0. The predicted octanol–water partition coefficient (Wildman–Crippen LogP) is 2.99. The Kier molecular flexibility index (Phi) is 3.52. The minimum atomic E-state index is -1.67. The van der Waals surface area contributed by atoms with Gasteiger partial charge in [-0.15, -0.1) is 0 Å². The van der Waals surface area contributed by atoms with Crippen molar-refractivity contribution >= 4 is 47.3 Å². The lowest BCUT2D eigenvalue weighted by Gasteiger charge is -2.17. The van der Waals surface area contributed by atoms with Crippen molar-refractivity contribution in [1.29, 1.82) is 0 Å². The highest BCUT2D eigenvalue weighted by atomic mass is 35.6. The van der Waals surface area contributed by atoms with Crippen LogP contribution in [0.1, 0.15) is 0 Å². The molecule has 0 saturated heterocycles. The summed E-state index contributed by atoms with van der Waals surface area (Å²) >= 11 is 12.7. The van der Waals surface area contributed by atoms with E-state index in [-0.39, 0.29) is 0 Å². The SMILES string of the molecule is C[Si](C)(Cl)c1ccc([Si](C)(C)Cl)cc1. The second-order valence-electron chi connectivity index (χ2n) is 4.52. The van der Waals surface area contributed by atoms with Gasteiger partial charge in [-0.3, -0.25) is 0 Å². The Bertz CT molecular complexity index is 273. The third-order valence-corrected chi connectivity index (χ3v) is 6.98. The number of rotatable bonds is 2. The maximum absolute atomic E-state index is 6.34. The first-order chi connectivity index (χ1) is 6.21. The van der Waals surface area contributed by atoms with Crippen molar-refractivity contribution in [3.63, 3.8) is 0 Å². The van der Waals surface area contributed by atoms with Gasteiger partial charge < -0.3 is 0 Å². The molecule has 1 aromatic carbocycles. The van der Waals surface area contributed by atoms with Crippen LogP contribution in [0, 0.1) is 0 Å².